The van der Waals surface area contributed by atoms with Gasteiger partial charge in [-0.1, -0.05) is 12.1 Å². The molecule has 1 aromatic heterocycles. The van der Waals surface area contributed by atoms with Gasteiger partial charge >= 0.3 is 5.97 Å². The van der Waals surface area contributed by atoms with Gasteiger partial charge in [0.1, 0.15) is 59.2 Å². The molecule has 0 saturated carbocycles. The standard InChI is InChI=1S/C30H26O15/c31-14-4-1-12(2-5-14)3-6-21(36)42-11-20-24(38)26(40)27(41)30(44-20)45-29-25(39)22-16(33)9-15(32)10-19(22)43-28(29)13-7-17(34)23(37)18(35)8-13/h1-10,20,24,26-27,30-35,37-38,40-41H,11H2/b6-3+/t20-,24-,26+,27-,30+/m1/s1. The molecule has 3 aromatic carbocycles. The second-order valence-electron chi connectivity index (χ2n) is 9.98. The first-order chi connectivity index (χ1) is 21.3. The van der Waals surface area contributed by atoms with Crippen LogP contribution in [0, 0.1) is 0 Å². The number of carbonyl (C=O) groups is 1. The quantitative estimate of drug-likeness (QED) is 0.0791. The van der Waals surface area contributed by atoms with E-state index in [1.54, 1.807) is 0 Å². The largest absolute Gasteiger partial charge is 0.508 e. The fraction of sp³-hybridized carbons (Fsp3) is 0.200. The molecule has 5 atom stereocenters. The van der Waals surface area contributed by atoms with Crippen molar-refractivity contribution in [3.8, 4) is 51.6 Å². The number of ether oxygens (including phenoxy) is 3. The summed E-state index contributed by atoms with van der Waals surface area (Å²) in [6.07, 6.45) is -6.72. The average molecular weight is 627 g/mol. The van der Waals surface area contributed by atoms with E-state index in [1.165, 1.54) is 30.3 Å². The normalized spacial score (nSPS) is 21.6. The summed E-state index contributed by atoms with van der Waals surface area (Å²) < 4.78 is 22.0. The first kappa shape index (κ1) is 31.0. The number of fused-ring (bicyclic) bond motifs is 1. The van der Waals surface area contributed by atoms with Crippen molar-refractivity contribution in [2.45, 2.75) is 30.7 Å². The van der Waals surface area contributed by atoms with Gasteiger partial charge in [0.2, 0.25) is 17.5 Å². The van der Waals surface area contributed by atoms with Crippen molar-refractivity contribution in [3.05, 3.63) is 70.4 Å². The number of phenols is 6. The highest BCUT2D eigenvalue weighted by Gasteiger charge is 2.46. The van der Waals surface area contributed by atoms with Crippen LogP contribution in [0.2, 0.25) is 0 Å². The summed E-state index contributed by atoms with van der Waals surface area (Å²) in [6.45, 7) is -0.650. The summed E-state index contributed by atoms with van der Waals surface area (Å²) in [5.41, 5.74) is -1.14. The minimum atomic E-state index is -2.00. The molecule has 15 heteroatoms. The second kappa shape index (κ2) is 12.3. The molecule has 15 nitrogen and oxygen atoms in total. The van der Waals surface area contributed by atoms with Crippen LogP contribution in [0.4, 0.5) is 0 Å². The maximum atomic E-state index is 13.6. The molecular formula is C30H26O15. The molecule has 45 heavy (non-hydrogen) atoms. The number of carbonyl (C=O) groups excluding carboxylic acids is 1. The maximum absolute atomic E-state index is 13.6. The molecule has 0 spiro atoms. The molecule has 236 valence electrons. The van der Waals surface area contributed by atoms with Crippen LogP contribution in [0.1, 0.15) is 5.56 Å². The van der Waals surface area contributed by atoms with Crippen molar-refractivity contribution in [2.24, 2.45) is 0 Å². The number of aliphatic hydroxyl groups is 3. The van der Waals surface area contributed by atoms with E-state index < -0.39 is 94.4 Å². The van der Waals surface area contributed by atoms with Gasteiger partial charge in [-0.25, -0.2) is 4.79 Å². The lowest BCUT2D eigenvalue weighted by Gasteiger charge is -2.39. The molecule has 2 heterocycles. The van der Waals surface area contributed by atoms with Crippen LogP contribution in [0.25, 0.3) is 28.4 Å². The zero-order chi connectivity index (χ0) is 32.6. The summed E-state index contributed by atoms with van der Waals surface area (Å²) in [5, 5.41) is 90.7. The first-order valence-corrected chi connectivity index (χ1v) is 13.1. The van der Waals surface area contributed by atoms with E-state index in [0.717, 1.165) is 30.3 Å². The zero-order valence-corrected chi connectivity index (χ0v) is 22.8. The van der Waals surface area contributed by atoms with Gasteiger partial charge in [0, 0.05) is 23.8 Å². The van der Waals surface area contributed by atoms with Gasteiger partial charge in [-0.2, -0.15) is 0 Å². The molecule has 0 radical (unpaired) electrons. The Bertz CT molecular complexity index is 1810. The van der Waals surface area contributed by atoms with Crippen LogP contribution in [-0.2, 0) is 14.3 Å². The predicted octanol–water partition coefficient (Wildman–Crippen LogP) is 1.14. The van der Waals surface area contributed by atoms with Crippen molar-refractivity contribution in [2.75, 3.05) is 6.61 Å². The minimum Gasteiger partial charge on any atom is -0.508 e. The van der Waals surface area contributed by atoms with E-state index >= 15 is 0 Å². The highest BCUT2D eigenvalue weighted by atomic mass is 16.7. The molecule has 5 rings (SSSR count). The zero-order valence-electron chi connectivity index (χ0n) is 22.8. The number of phenolic OH excluding ortho intramolecular Hbond substituents is 6. The number of aliphatic hydroxyl groups excluding tert-OH is 3. The summed E-state index contributed by atoms with van der Waals surface area (Å²) >= 11 is 0. The van der Waals surface area contributed by atoms with Crippen LogP contribution in [-0.4, -0.2) is 89.2 Å². The van der Waals surface area contributed by atoms with Crippen molar-refractivity contribution < 1.29 is 69.4 Å². The Morgan fingerprint density at radius 2 is 1.49 bits per heavy atom. The first-order valence-electron chi connectivity index (χ1n) is 13.1. The maximum Gasteiger partial charge on any atom is 0.330 e. The van der Waals surface area contributed by atoms with E-state index in [-0.39, 0.29) is 16.9 Å². The molecule has 1 aliphatic rings. The van der Waals surface area contributed by atoms with Gasteiger partial charge in [0.15, 0.2) is 23.0 Å². The topological polar surface area (TPSA) is 257 Å². The van der Waals surface area contributed by atoms with Crippen LogP contribution in [0.3, 0.4) is 0 Å². The third kappa shape index (κ3) is 6.27. The monoisotopic (exact) mass is 626 g/mol. The van der Waals surface area contributed by atoms with Gasteiger partial charge in [0.25, 0.3) is 0 Å². The Morgan fingerprint density at radius 1 is 0.822 bits per heavy atom. The Morgan fingerprint density at radius 3 is 2.16 bits per heavy atom. The molecule has 9 N–H and O–H groups in total. The highest BCUT2D eigenvalue weighted by Crippen LogP contribution is 2.43. The average Bonchev–Trinajstić information content (AvgIpc) is 2.99. The van der Waals surface area contributed by atoms with Crippen LogP contribution in [0.15, 0.2) is 63.8 Å². The predicted molar refractivity (Wildman–Crippen MR) is 152 cm³/mol. The molecule has 1 aliphatic heterocycles. The molecule has 0 aliphatic carbocycles. The van der Waals surface area contributed by atoms with E-state index in [1.807, 2.05) is 0 Å². The molecule has 0 amide bonds. The van der Waals surface area contributed by atoms with Crippen molar-refractivity contribution >= 4 is 23.0 Å². The fourth-order valence-electron chi connectivity index (χ4n) is 4.53. The van der Waals surface area contributed by atoms with Crippen LogP contribution < -0.4 is 10.2 Å². The molecule has 1 saturated heterocycles. The van der Waals surface area contributed by atoms with Gasteiger partial charge in [-0.3, -0.25) is 4.79 Å². The summed E-state index contributed by atoms with van der Waals surface area (Å²) in [5.74, 6) is -5.93. The highest BCUT2D eigenvalue weighted by molar-refractivity contribution is 5.89. The lowest BCUT2D eigenvalue weighted by molar-refractivity contribution is -0.278. The van der Waals surface area contributed by atoms with Crippen LogP contribution in [0.5, 0.6) is 40.2 Å². The third-order valence-electron chi connectivity index (χ3n) is 6.85. The van der Waals surface area contributed by atoms with E-state index in [0.29, 0.717) is 5.56 Å². The second-order valence-corrected chi connectivity index (χ2v) is 9.98. The summed E-state index contributed by atoms with van der Waals surface area (Å²) in [6, 6.07) is 9.48. The van der Waals surface area contributed by atoms with Gasteiger partial charge < -0.3 is 64.6 Å². The van der Waals surface area contributed by atoms with Gasteiger partial charge in [0.05, 0.1) is 0 Å². The Balaban J connectivity index is 1.45. The SMILES string of the molecule is O=C(/C=C/c1ccc(O)cc1)OC[C@H]1O[C@@H](Oc2c(-c3cc(O)c(O)c(O)c3)oc3cc(O)cc(O)c3c2=O)[C@H](O)[C@@H](O)[C@@H]1O. The molecule has 4 aromatic rings. The molecule has 1 fully saturated rings. The van der Waals surface area contributed by atoms with Crippen molar-refractivity contribution in [1.29, 1.82) is 0 Å². The summed E-state index contributed by atoms with van der Waals surface area (Å²) in [4.78, 5) is 25.8. The van der Waals surface area contributed by atoms with Gasteiger partial charge in [-0.05, 0) is 35.9 Å². The number of rotatable bonds is 7. The fourth-order valence-corrected chi connectivity index (χ4v) is 4.53. The van der Waals surface area contributed by atoms with E-state index in [9.17, 15) is 55.5 Å². The number of aromatic hydroxyl groups is 6. The number of hydrogen-bond donors (Lipinski definition) is 9. The minimum absolute atomic E-state index is 0.0275. The smallest absolute Gasteiger partial charge is 0.330 e. The van der Waals surface area contributed by atoms with Gasteiger partial charge in [-0.15, -0.1) is 0 Å². The lowest BCUT2D eigenvalue weighted by Crippen LogP contribution is -2.60. The molecule has 0 bridgehead atoms. The molecular weight excluding hydrogens is 600 g/mol. The van der Waals surface area contributed by atoms with Crippen molar-refractivity contribution in [3.63, 3.8) is 0 Å². The Kier molecular flexibility index (Phi) is 8.43. The number of esters is 1. The van der Waals surface area contributed by atoms with Crippen molar-refractivity contribution in [1.82, 2.24) is 0 Å². The third-order valence-corrected chi connectivity index (χ3v) is 6.85. The Hall–Kier alpha value is -5.48. The number of hydrogen-bond acceptors (Lipinski definition) is 15. The lowest BCUT2D eigenvalue weighted by atomic mass is 9.99. The van der Waals surface area contributed by atoms with Crippen LogP contribution >= 0.6 is 0 Å². The summed E-state index contributed by atoms with van der Waals surface area (Å²) in [7, 11) is 0. The number of benzene rings is 3. The molecule has 0 unspecified atom stereocenters. The van der Waals surface area contributed by atoms with E-state index in [4.69, 9.17) is 18.6 Å². The Labute approximate surface area is 251 Å². The van der Waals surface area contributed by atoms with E-state index in [2.05, 4.69) is 0 Å².